The number of hydrogen-bond donors (Lipinski definition) is 3. The molecule has 0 saturated heterocycles. The van der Waals surface area contributed by atoms with Crippen molar-refractivity contribution in [1.29, 1.82) is 0 Å². The van der Waals surface area contributed by atoms with Crippen molar-refractivity contribution >= 4 is 41.0 Å². The van der Waals surface area contributed by atoms with Gasteiger partial charge in [-0.1, -0.05) is 29.8 Å². The lowest BCUT2D eigenvalue weighted by Gasteiger charge is -2.39. The maximum atomic E-state index is 14.2. The number of imidazole rings is 1. The van der Waals surface area contributed by atoms with Gasteiger partial charge >= 0.3 is 18.2 Å². The van der Waals surface area contributed by atoms with Crippen LogP contribution in [-0.2, 0) is 16.2 Å². The molecule has 2 heterocycles. The number of anilines is 1. The van der Waals surface area contributed by atoms with Crippen molar-refractivity contribution in [1.82, 2.24) is 14.3 Å². The largest absolute Gasteiger partial charge is 0.490 e. The summed E-state index contributed by atoms with van der Waals surface area (Å²) >= 11 is 6.05. The van der Waals surface area contributed by atoms with Crippen molar-refractivity contribution in [2.45, 2.75) is 59.0 Å². The smallest absolute Gasteiger partial charge is 0.485 e. The molecule has 0 saturated carbocycles. The number of aryl methyl sites for hydroxylation is 2. The van der Waals surface area contributed by atoms with E-state index in [0.29, 0.717) is 27.7 Å². The molecule has 0 spiro atoms. The number of nitrogens with one attached hydrogen (secondary N) is 1. The lowest BCUT2D eigenvalue weighted by atomic mass is 9.97. The van der Waals surface area contributed by atoms with E-state index in [-0.39, 0.29) is 17.9 Å². The summed E-state index contributed by atoms with van der Waals surface area (Å²) in [5.41, 5.74) is 0.734. The first kappa shape index (κ1) is 36.5. The molecule has 0 aliphatic rings. The third-order valence-electron chi connectivity index (χ3n) is 6.54. The Kier molecular flexibility index (Phi) is 11.1. The zero-order chi connectivity index (χ0) is 35.4. The van der Waals surface area contributed by atoms with E-state index >= 15 is 0 Å². The number of carboxylic acid groups (broad SMARTS) is 2. The molecule has 10 nitrogen and oxygen atoms in total. The summed E-state index contributed by atoms with van der Waals surface area (Å²) in [6.07, 6.45) is -4.64. The molecule has 2 aromatic carbocycles. The fourth-order valence-corrected chi connectivity index (χ4v) is 4.59. The van der Waals surface area contributed by atoms with Crippen molar-refractivity contribution < 1.29 is 51.3 Å². The first-order valence-corrected chi connectivity index (χ1v) is 14.0. The van der Waals surface area contributed by atoms with Gasteiger partial charge < -0.3 is 20.3 Å². The van der Waals surface area contributed by atoms with Crippen LogP contribution in [0.2, 0.25) is 5.02 Å². The van der Waals surface area contributed by atoms with Gasteiger partial charge in [0.15, 0.2) is 11.4 Å². The van der Waals surface area contributed by atoms with Gasteiger partial charge in [0, 0.05) is 16.8 Å². The average Bonchev–Trinajstić information content (AvgIpc) is 3.25. The molecule has 47 heavy (non-hydrogen) atoms. The highest BCUT2D eigenvalue weighted by atomic mass is 35.5. The number of aliphatic carboxylic acids is 1. The Bertz CT molecular complexity index is 1770. The molecule has 0 aliphatic heterocycles. The highest BCUT2D eigenvalue weighted by Gasteiger charge is 2.39. The zero-order valence-corrected chi connectivity index (χ0v) is 26.4. The highest BCUT2D eigenvalue weighted by Crippen LogP contribution is 2.33. The standard InChI is InChI=1S/C29H29ClF2N4O4.C2HF3O2/c1-16-13-23(40-15-20-21(31)7-6-8-22(20)32)26-33-17(2)25(35(26)14-16)34-27(37)24(18-9-11-19(30)12-10-18)36(28(38)39)29(3,4)5;3-2(4,5)1(6)7/h6-14,24H,15H2,1-5H3,(H,34,37)(H,38,39);(H,6,7). The van der Waals surface area contributed by atoms with Crippen LogP contribution in [0.5, 0.6) is 5.75 Å². The SMILES string of the molecule is Cc1cc(OCc2c(F)cccc2F)c2nc(C)c(NC(=O)C(c3ccc(Cl)cc3)N(C(=O)O)C(C)(C)C)n2c1.O=C(O)C(F)(F)F. The number of rotatable bonds is 7. The number of carboxylic acids is 1. The summed E-state index contributed by atoms with van der Waals surface area (Å²) in [6, 6.07) is 10.4. The van der Waals surface area contributed by atoms with Crippen molar-refractivity contribution in [3.8, 4) is 5.75 Å². The van der Waals surface area contributed by atoms with Gasteiger partial charge in [-0.3, -0.25) is 14.1 Å². The lowest BCUT2D eigenvalue weighted by molar-refractivity contribution is -0.192. The molecule has 0 bridgehead atoms. The Hall–Kier alpha value is -4.92. The average molecular weight is 685 g/mol. The second-order valence-electron chi connectivity index (χ2n) is 11.2. The fraction of sp³-hybridized carbons (Fsp3) is 0.290. The van der Waals surface area contributed by atoms with E-state index in [0.717, 1.165) is 22.6 Å². The van der Waals surface area contributed by atoms with Crippen molar-refractivity contribution in [2.75, 3.05) is 5.32 Å². The van der Waals surface area contributed by atoms with Crippen molar-refractivity contribution in [3.05, 3.63) is 93.8 Å². The number of fused-ring (bicyclic) bond motifs is 1. The van der Waals surface area contributed by atoms with E-state index in [9.17, 15) is 36.6 Å². The number of pyridine rings is 1. The molecular formula is C31H30ClF5N4O6. The van der Waals surface area contributed by atoms with E-state index in [2.05, 4.69) is 10.3 Å². The van der Waals surface area contributed by atoms with Crippen LogP contribution in [0, 0.1) is 25.5 Å². The summed E-state index contributed by atoms with van der Waals surface area (Å²) in [5.74, 6) is -4.28. The van der Waals surface area contributed by atoms with E-state index in [1.54, 1.807) is 75.5 Å². The monoisotopic (exact) mass is 684 g/mol. The molecular weight excluding hydrogens is 655 g/mol. The summed E-state index contributed by atoms with van der Waals surface area (Å²) in [6.45, 7) is 8.18. The predicted molar refractivity (Wildman–Crippen MR) is 161 cm³/mol. The van der Waals surface area contributed by atoms with Gasteiger partial charge in [-0.15, -0.1) is 0 Å². The molecule has 16 heteroatoms. The van der Waals surface area contributed by atoms with Crippen LogP contribution in [0.4, 0.5) is 32.6 Å². The third kappa shape index (κ3) is 8.87. The summed E-state index contributed by atoms with van der Waals surface area (Å²) < 4.78 is 67.4. The number of alkyl halides is 3. The minimum atomic E-state index is -5.08. The van der Waals surface area contributed by atoms with Crippen LogP contribution in [0.25, 0.3) is 5.65 Å². The van der Waals surface area contributed by atoms with Gasteiger partial charge in [0.2, 0.25) is 0 Å². The van der Waals surface area contributed by atoms with Crippen LogP contribution in [-0.4, -0.2) is 54.2 Å². The molecule has 4 rings (SSSR count). The second-order valence-corrected chi connectivity index (χ2v) is 11.6. The van der Waals surface area contributed by atoms with E-state index in [1.807, 2.05) is 0 Å². The molecule has 1 atom stereocenters. The molecule has 2 aromatic heterocycles. The van der Waals surface area contributed by atoms with Crippen LogP contribution in [0.3, 0.4) is 0 Å². The number of aromatic nitrogens is 2. The summed E-state index contributed by atoms with van der Waals surface area (Å²) in [5, 5.41) is 20.5. The van der Waals surface area contributed by atoms with Gasteiger partial charge in [-0.05, 0) is 76.1 Å². The quantitative estimate of drug-likeness (QED) is 0.171. The van der Waals surface area contributed by atoms with Gasteiger partial charge in [0.05, 0.1) is 11.3 Å². The van der Waals surface area contributed by atoms with Gasteiger partial charge in [-0.2, -0.15) is 13.2 Å². The van der Waals surface area contributed by atoms with Crippen LogP contribution in [0.1, 0.15) is 49.2 Å². The van der Waals surface area contributed by atoms with Crippen LogP contribution < -0.4 is 10.1 Å². The number of carbonyl (C=O) groups excluding carboxylic acids is 1. The maximum absolute atomic E-state index is 14.2. The molecule has 0 aliphatic carbocycles. The van der Waals surface area contributed by atoms with Gasteiger partial charge in [-0.25, -0.2) is 23.4 Å². The number of nitrogens with zero attached hydrogens (tertiary/aromatic N) is 3. The minimum absolute atomic E-state index is 0.222. The van der Waals surface area contributed by atoms with E-state index in [4.69, 9.17) is 26.2 Å². The molecule has 3 N–H and O–H groups in total. The lowest BCUT2D eigenvalue weighted by Crippen LogP contribution is -2.50. The first-order valence-electron chi connectivity index (χ1n) is 13.7. The number of amides is 2. The zero-order valence-electron chi connectivity index (χ0n) is 25.6. The fourth-order valence-electron chi connectivity index (χ4n) is 4.47. The summed E-state index contributed by atoms with van der Waals surface area (Å²) in [4.78, 5) is 40.7. The Morgan fingerprint density at radius 3 is 2.06 bits per heavy atom. The number of hydrogen-bond acceptors (Lipinski definition) is 5. The Labute approximate surface area is 270 Å². The number of carbonyl (C=O) groups is 3. The summed E-state index contributed by atoms with van der Waals surface area (Å²) in [7, 11) is 0. The topological polar surface area (TPSA) is 133 Å². The predicted octanol–water partition coefficient (Wildman–Crippen LogP) is 7.55. The molecule has 1 unspecified atom stereocenters. The Balaban J connectivity index is 0.000000771. The van der Waals surface area contributed by atoms with E-state index in [1.165, 1.54) is 6.07 Å². The molecule has 252 valence electrons. The van der Waals surface area contributed by atoms with Crippen LogP contribution in [0.15, 0.2) is 54.7 Å². The van der Waals surface area contributed by atoms with Crippen molar-refractivity contribution in [2.24, 2.45) is 0 Å². The van der Waals surface area contributed by atoms with Crippen LogP contribution >= 0.6 is 11.6 Å². The Morgan fingerprint density at radius 2 is 1.57 bits per heavy atom. The third-order valence-corrected chi connectivity index (χ3v) is 6.79. The molecule has 0 radical (unpaired) electrons. The number of halogens is 6. The minimum Gasteiger partial charge on any atom is -0.485 e. The first-order chi connectivity index (χ1) is 21.7. The molecule has 4 aromatic rings. The maximum Gasteiger partial charge on any atom is 0.490 e. The molecule has 0 fully saturated rings. The van der Waals surface area contributed by atoms with Crippen molar-refractivity contribution in [3.63, 3.8) is 0 Å². The Morgan fingerprint density at radius 1 is 1.02 bits per heavy atom. The van der Waals surface area contributed by atoms with E-state index < -0.39 is 47.4 Å². The number of ether oxygens (including phenoxy) is 1. The number of benzene rings is 2. The van der Waals surface area contributed by atoms with Gasteiger partial charge in [0.1, 0.15) is 30.1 Å². The highest BCUT2D eigenvalue weighted by molar-refractivity contribution is 6.30. The van der Waals surface area contributed by atoms with Gasteiger partial charge in [0.25, 0.3) is 5.91 Å². The second kappa shape index (κ2) is 14.2. The normalized spacial score (nSPS) is 12.1. The molecule has 2 amide bonds.